The SMILES string of the molecule is O=[N+]([O-])c1cc(NCC(O)CCl)c(O)c(S(=O)(=O)O)c1. The highest BCUT2D eigenvalue weighted by molar-refractivity contribution is 7.86. The number of nitrogens with zero attached hydrogens (tertiary/aromatic N) is 1. The van der Waals surface area contributed by atoms with Crippen molar-refractivity contribution in [2.24, 2.45) is 0 Å². The second kappa shape index (κ2) is 6.22. The lowest BCUT2D eigenvalue weighted by Gasteiger charge is -2.12. The number of phenolic OH excluding ortho intramolecular Hbond substituents is 1. The molecule has 0 fully saturated rings. The van der Waals surface area contributed by atoms with Crippen LogP contribution in [-0.4, -0.2) is 46.6 Å². The molecule has 0 aromatic heterocycles. The molecule has 0 radical (unpaired) electrons. The van der Waals surface area contributed by atoms with Gasteiger partial charge < -0.3 is 15.5 Å². The summed E-state index contributed by atoms with van der Waals surface area (Å²) in [6.45, 7) is -0.177. The van der Waals surface area contributed by atoms with Gasteiger partial charge in [0.05, 0.1) is 22.6 Å². The molecule has 0 bridgehead atoms. The van der Waals surface area contributed by atoms with E-state index in [1.807, 2.05) is 0 Å². The number of nitro benzene ring substituents is 1. The molecule has 0 spiro atoms. The molecule has 0 aliphatic rings. The fourth-order valence-corrected chi connectivity index (χ4v) is 2.05. The van der Waals surface area contributed by atoms with Crippen molar-refractivity contribution >= 4 is 33.1 Å². The van der Waals surface area contributed by atoms with E-state index in [-0.39, 0.29) is 18.1 Å². The second-order valence-electron chi connectivity index (χ2n) is 3.76. The molecule has 9 nitrogen and oxygen atoms in total. The third kappa shape index (κ3) is 3.93. The molecule has 0 aliphatic heterocycles. The van der Waals surface area contributed by atoms with Crippen molar-refractivity contribution in [3.05, 3.63) is 22.2 Å². The molecule has 112 valence electrons. The largest absolute Gasteiger partial charge is 0.504 e. The number of hydrogen-bond acceptors (Lipinski definition) is 7. The first-order valence-electron chi connectivity index (χ1n) is 5.13. The van der Waals surface area contributed by atoms with Crippen LogP contribution in [0.15, 0.2) is 17.0 Å². The molecule has 4 N–H and O–H groups in total. The van der Waals surface area contributed by atoms with Gasteiger partial charge in [-0.3, -0.25) is 14.7 Å². The van der Waals surface area contributed by atoms with Crippen molar-refractivity contribution in [2.45, 2.75) is 11.0 Å². The standard InChI is InChI=1S/C9H11ClN2O7S/c10-3-6(13)4-11-7-1-5(12(15)16)2-8(9(7)14)20(17,18)19/h1-2,6,11,13-14H,3-4H2,(H,17,18,19). The number of nitrogens with one attached hydrogen (secondary N) is 1. The Morgan fingerprint density at radius 1 is 1.45 bits per heavy atom. The number of aromatic hydroxyl groups is 1. The lowest BCUT2D eigenvalue weighted by Crippen LogP contribution is -2.21. The zero-order valence-corrected chi connectivity index (χ0v) is 11.4. The number of nitro groups is 1. The first-order valence-corrected chi connectivity index (χ1v) is 7.11. The number of rotatable bonds is 6. The van der Waals surface area contributed by atoms with Crippen molar-refractivity contribution in [1.29, 1.82) is 0 Å². The van der Waals surface area contributed by atoms with Gasteiger partial charge in [0, 0.05) is 18.7 Å². The second-order valence-corrected chi connectivity index (χ2v) is 5.46. The number of hydrogen-bond donors (Lipinski definition) is 4. The summed E-state index contributed by atoms with van der Waals surface area (Å²) < 4.78 is 31.0. The van der Waals surface area contributed by atoms with Gasteiger partial charge in [0.1, 0.15) is 4.90 Å². The van der Waals surface area contributed by atoms with E-state index in [1.54, 1.807) is 0 Å². The third-order valence-electron chi connectivity index (χ3n) is 2.25. The summed E-state index contributed by atoms with van der Waals surface area (Å²) in [6.07, 6.45) is -1.01. The summed E-state index contributed by atoms with van der Waals surface area (Å²) >= 11 is 5.35. The van der Waals surface area contributed by atoms with Crippen molar-refractivity contribution in [1.82, 2.24) is 0 Å². The number of halogens is 1. The van der Waals surface area contributed by atoms with Gasteiger partial charge in [-0.25, -0.2) is 0 Å². The summed E-state index contributed by atoms with van der Waals surface area (Å²) in [5, 5.41) is 32.0. The molecular formula is C9H11ClN2O7S. The molecule has 0 heterocycles. The molecule has 1 atom stereocenters. The molecule has 20 heavy (non-hydrogen) atoms. The molecule has 1 aromatic rings. The molecule has 1 unspecified atom stereocenters. The van der Waals surface area contributed by atoms with Crippen molar-refractivity contribution < 1.29 is 28.1 Å². The Kier molecular flexibility index (Phi) is 5.11. The normalized spacial score (nSPS) is 12.9. The minimum absolute atomic E-state index is 0.131. The number of phenols is 1. The van der Waals surface area contributed by atoms with Gasteiger partial charge in [0.2, 0.25) is 0 Å². The van der Waals surface area contributed by atoms with E-state index in [9.17, 15) is 28.7 Å². The van der Waals surface area contributed by atoms with Crippen LogP contribution in [0, 0.1) is 10.1 Å². The van der Waals surface area contributed by atoms with Crippen molar-refractivity contribution in [3.63, 3.8) is 0 Å². The Labute approximate surface area is 118 Å². The Morgan fingerprint density at radius 2 is 2.05 bits per heavy atom. The average Bonchev–Trinajstić information content (AvgIpc) is 2.35. The van der Waals surface area contributed by atoms with Gasteiger partial charge in [-0.05, 0) is 0 Å². The van der Waals surface area contributed by atoms with Gasteiger partial charge in [-0.2, -0.15) is 8.42 Å². The van der Waals surface area contributed by atoms with Gasteiger partial charge in [-0.1, -0.05) is 0 Å². The summed E-state index contributed by atoms with van der Waals surface area (Å²) in [5.41, 5.74) is -0.978. The van der Waals surface area contributed by atoms with E-state index in [1.165, 1.54) is 0 Å². The van der Waals surface area contributed by atoms with Gasteiger partial charge in [0.15, 0.2) is 5.75 Å². The van der Waals surface area contributed by atoms with Crippen LogP contribution in [0.3, 0.4) is 0 Å². The van der Waals surface area contributed by atoms with Crippen LogP contribution in [0.2, 0.25) is 0 Å². The van der Waals surface area contributed by atoms with Crippen LogP contribution in [0.4, 0.5) is 11.4 Å². The molecule has 0 saturated carbocycles. The molecular weight excluding hydrogens is 316 g/mol. The minimum Gasteiger partial charge on any atom is -0.504 e. The lowest BCUT2D eigenvalue weighted by molar-refractivity contribution is -0.385. The van der Waals surface area contributed by atoms with Gasteiger partial charge >= 0.3 is 0 Å². The highest BCUT2D eigenvalue weighted by Crippen LogP contribution is 2.35. The fraction of sp³-hybridized carbons (Fsp3) is 0.333. The summed E-state index contributed by atoms with van der Waals surface area (Å²) in [7, 11) is -4.84. The molecule has 0 amide bonds. The predicted octanol–water partition coefficient (Wildman–Crippen LogP) is 0.559. The van der Waals surface area contributed by atoms with Crippen LogP contribution in [0.1, 0.15) is 0 Å². The average molecular weight is 327 g/mol. The molecule has 1 rings (SSSR count). The van der Waals surface area contributed by atoms with Gasteiger partial charge in [-0.15, -0.1) is 11.6 Å². The van der Waals surface area contributed by atoms with E-state index in [2.05, 4.69) is 5.32 Å². The minimum atomic E-state index is -4.84. The Hall–Kier alpha value is -1.62. The van der Waals surface area contributed by atoms with Crippen LogP contribution in [-0.2, 0) is 10.1 Å². The van der Waals surface area contributed by atoms with E-state index < -0.39 is 37.5 Å². The van der Waals surface area contributed by atoms with E-state index in [0.29, 0.717) is 6.07 Å². The van der Waals surface area contributed by atoms with Crippen LogP contribution in [0.25, 0.3) is 0 Å². The number of aliphatic hydroxyl groups is 1. The Balaban J connectivity index is 3.29. The zero-order chi connectivity index (χ0) is 15.5. The number of non-ortho nitro benzene ring substituents is 1. The maximum atomic E-state index is 11.0. The highest BCUT2D eigenvalue weighted by atomic mass is 35.5. The molecule has 0 aliphatic carbocycles. The van der Waals surface area contributed by atoms with Crippen LogP contribution < -0.4 is 5.32 Å². The number of aliphatic hydroxyl groups excluding tert-OH is 1. The zero-order valence-electron chi connectivity index (χ0n) is 9.85. The topological polar surface area (TPSA) is 150 Å². The Morgan fingerprint density at radius 3 is 2.50 bits per heavy atom. The number of anilines is 1. The maximum Gasteiger partial charge on any atom is 0.298 e. The smallest absolute Gasteiger partial charge is 0.298 e. The van der Waals surface area contributed by atoms with Crippen molar-refractivity contribution in [3.8, 4) is 5.75 Å². The van der Waals surface area contributed by atoms with E-state index >= 15 is 0 Å². The third-order valence-corrected chi connectivity index (χ3v) is 3.48. The van der Waals surface area contributed by atoms with Crippen LogP contribution >= 0.6 is 11.6 Å². The van der Waals surface area contributed by atoms with E-state index in [4.69, 9.17) is 16.2 Å². The first-order chi connectivity index (χ1) is 9.16. The highest BCUT2D eigenvalue weighted by Gasteiger charge is 2.24. The molecule has 11 heteroatoms. The predicted molar refractivity (Wildman–Crippen MR) is 69.8 cm³/mol. The fourth-order valence-electron chi connectivity index (χ4n) is 1.31. The summed E-state index contributed by atoms with van der Waals surface area (Å²) in [6, 6.07) is 1.39. The maximum absolute atomic E-state index is 11.0. The monoisotopic (exact) mass is 326 g/mol. The van der Waals surface area contributed by atoms with Gasteiger partial charge in [0.25, 0.3) is 15.8 Å². The number of alkyl halides is 1. The quantitative estimate of drug-likeness (QED) is 0.195. The molecule has 1 aromatic carbocycles. The van der Waals surface area contributed by atoms with Crippen LogP contribution in [0.5, 0.6) is 5.75 Å². The summed E-state index contributed by atoms with van der Waals surface area (Å²) in [5.74, 6) is -1.02. The molecule has 0 saturated heterocycles. The first kappa shape index (κ1) is 16.4. The van der Waals surface area contributed by atoms with E-state index in [0.717, 1.165) is 6.07 Å². The Bertz CT molecular complexity index is 619. The summed E-state index contributed by atoms with van der Waals surface area (Å²) in [4.78, 5) is 8.79. The van der Waals surface area contributed by atoms with Crippen molar-refractivity contribution in [2.75, 3.05) is 17.7 Å². The number of benzene rings is 1. The lowest BCUT2D eigenvalue weighted by atomic mass is 10.2.